The summed E-state index contributed by atoms with van der Waals surface area (Å²) in [5.74, 6) is -1.01. The molecule has 1 N–H and O–H groups in total. The molecule has 24 heavy (non-hydrogen) atoms. The van der Waals surface area contributed by atoms with Crippen molar-refractivity contribution in [2.24, 2.45) is 5.92 Å². The molecule has 1 amide bonds. The number of hydrogen-bond acceptors (Lipinski definition) is 3. The summed E-state index contributed by atoms with van der Waals surface area (Å²) in [4.78, 5) is 24.1. The fraction of sp³-hybridized carbons (Fsp3) is 0.263. The minimum absolute atomic E-state index is 0.0576. The number of carbonyl (C=O) groups excluding carboxylic acids is 2. The molecule has 0 saturated carbocycles. The number of rotatable bonds is 6. The number of anilines is 1. The Hall–Kier alpha value is -1.89. The van der Waals surface area contributed by atoms with E-state index in [4.69, 9.17) is 4.74 Å². The minimum Gasteiger partial charge on any atom is -0.461 e. The highest BCUT2D eigenvalue weighted by atomic mass is 127. The van der Waals surface area contributed by atoms with E-state index in [9.17, 15) is 9.59 Å². The van der Waals surface area contributed by atoms with Gasteiger partial charge in [0, 0.05) is 15.2 Å². The Kier molecular flexibility index (Phi) is 6.78. The molecular weight excluding hydrogens is 417 g/mol. The van der Waals surface area contributed by atoms with Crippen LogP contribution in [0.25, 0.3) is 0 Å². The zero-order valence-corrected chi connectivity index (χ0v) is 15.9. The van der Waals surface area contributed by atoms with Crippen molar-refractivity contribution in [3.8, 4) is 0 Å². The van der Waals surface area contributed by atoms with Gasteiger partial charge in [-0.15, -0.1) is 0 Å². The van der Waals surface area contributed by atoms with Gasteiger partial charge >= 0.3 is 5.97 Å². The van der Waals surface area contributed by atoms with Crippen LogP contribution in [0.5, 0.6) is 0 Å². The summed E-state index contributed by atoms with van der Waals surface area (Å²) in [5, 5.41) is 2.84. The van der Waals surface area contributed by atoms with Crippen LogP contribution >= 0.6 is 22.6 Å². The number of carbonyl (C=O) groups is 2. The molecule has 0 aliphatic rings. The van der Waals surface area contributed by atoms with Crippen molar-refractivity contribution in [2.75, 3.05) is 5.32 Å². The summed E-state index contributed by atoms with van der Waals surface area (Å²) >= 11 is 2.24. The zero-order valence-electron chi connectivity index (χ0n) is 13.7. The molecule has 126 valence electrons. The number of amides is 1. The second-order valence-electron chi connectivity index (χ2n) is 5.70. The first-order valence-corrected chi connectivity index (χ1v) is 8.80. The summed E-state index contributed by atoms with van der Waals surface area (Å²) in [6, 6.07) is 15.2. The molecule has 4 nitrogen and oxygen atoms in total. The van der Waals surface area contributed by atoms with Gasteiger partial charge in [0.15, 0.2) is 0 Å². The zero-order chi connectivity index (χ0) is 17.5. The van der Waals surface area contributed by atoms with Gasteiger partial charge in [0.1, 0.15) is 6.61 Å². The molecule has 0 aliphatic heterocycles. The summed E-state index contributed by atoms with van der Waals surface area (Å²) in [7, 11) is 0. The largest absolute Gasteiger partial charge is 0.461 e. The summed E-state index contributed by atoms with van der Waals surface area (Å²) < 4.78 is 6.36. The quantitative estimate of drug-likeness (QED) is 0.542. The number of aryl methyl sites for hydroxylation is 1. The second-order valence-corrected chi connectivity index (χ2v) is 6.87. The Bertz CT molecular complexity index is 716. The van der Waals surface area contributed by atoms with E-state index in [2.05, 4.69) is 27.9 Å². The van der Waals surface area contributed by atoms with Crippen LogP contribution in [0.15, 0.2) is 48.5 Å². The lowest BCUT2D eigenvalue weighted by molar-refractivity contribution is -0.147. The lowest BCUT2D eigenvalue weighted by Gasteiger charge is -2.13. The molecule has 1 atom stereocenters. The highest BCUT2D eigenvalue weighted by molar-refractivity contribution is 14.1. The Balaban J connectivity index is 1.82. The Morgan fingerprint density at radius 3 is 2.54 bits per heavy atom. The van der Waals surface area contributed by atoms with E-state index in [1.54, 1.807) is 6.92 Å². The van der Waals surface area contributed by atoms with Gasteiger partial charge in [0.05, 0.1) is 6.42 Å². The average molecular weight is 437 g/mol. The summed E-state index contributed by atoms with van der Waals surface area (Å²) in [6.07, 6.45) is 0.0576. The van der Waals surface area contributed by atoms with Crippen molar-refractivity contribution in [3.63, 3.8) is 0 Å². The molecule has 0 spiro atoms. The molecular formula is C19H20INO3. The van der Waals surface area contributed by atoms with Crippen molar-refractivity contribution in [3.05, 3.63) is 63.2 Å². The van der Waals surface area contributed by atoms with E-state index >= 15 is 0 Å². The third-order valence-corrected chi connectivity index (χ3v) is 4.80. The smallest absolute Gasteiger partial charge is 0.306 e. The van der Waals surface area contributed by atoms with E-state index in [1.807, 2.05) is 55.5 Å². The van der Waals surface area contributed by atoms with Gasteiger partial charge in [-0.25, -0.2) is 0 Å². The van der Waals surface area contributed by atoms with Crippen molar-refractivity contribution >= 4 is 40.2 Å². The Morgan fingerprint density at radius 1 is 1.17 bits per heavy atom. The van der Waals surface area contributed by atoms with Crippen LogP contribution in [0.3, 0.4) is 0 Å². The third-order valence-electron chi connectivity index (χ3n) is 3.59. The number of halogens is 1. The monoisotopic (exact) mass is 437 g/mol. The van der Waals surface area contributed by atoms with Crippen LogP contribution in [0.1, 0.15) is 24.5 Å². The van der Waals surface area contributed by atoms with Gasteiger partial charge < -0.3 is 10.1 Å². The van der Waals surface area contributed by atoms with E-state index in [0.29, 0.717) is 0 Å². The molecule has 0 aliphatic carbocycles. The normalized spacial score (nSPS) is 11.6. The number of esters is 1. The molecule has 0 radical (unpaired) electrons. The predicted octanol–water partition coefficient (Wildman–Crippen LogP) is 4.31. The molecule has 0 bridgehead atoms. The fourth-order valence-corrected chi connectivity index (χ4v) is 2.46. The van der Waals surface area contributed by atoms with Gasteiger partial charge in [-0.3, -0.25) is 9.59 Å². The van der Waals surface area contributed by atoms with Crippen LogP contribution in [-0.4, -0.2) is 11.9 Å². The molecule has 0 saturated heterocycles. The van der Waals surface area contributed by atoms with Crippen molar-refractivity contribution in [1.29, 1.82) is 0 Å². The fourth-order valence-electron chi connectivity index (χ4n) is 2.13. The lowest BCUT2D eigenvalue weighted by Crippen LogP contribution is -2.23. The van der Waals surface area contributed by atoms with Crippen LogP contribution in [0.2, 0.25) is 0 Å². The standard InChI is InChI=1S/C19H20INO3/c1-13-10-16(8-9-17(13)20)21-19(23)14(2)11-18(22)24-12-15-6-4-3-5-7-15/h3-10,14H,11-12H2,1-2H3,(H,21,23)/t14-/m0/s1. The molecule has 0 aromatic heterocycles. The number of benzene rings is 2. The van der Waals surface area contributed by atoms with Gasteiger partial charge in [-0.2, -0.15) is 0 Å². The number of ether oxygens (including phenoxy) is 1. The van der Waals surface area contributed by atoms with E-state index in [0.717, 1.165) is 20.4 Å². The molecule has 5 heteroatoms. The molecule has 0 unspecified atom stereocenters. The summed E-state index contributed by atoms with van der Waals surface area (Å²) in [6.45, 7) is 3.94. The first kappa shape index (κ1) is 18.4. The van der Waals surface area contributed by atoms with Crippen molar-refractivity contribution in [2.45, 2.75) is 26.9 Å². The molecule has 2 aromatic rings. The number of nitrogens with one attached hydrogen (secondary N) is 1. The maximum Gasteiger partial charge on any atom is 0.306 e. The van der Waals surface area contributed by atoms with Gasteiger partial charge in [0.25, 0.3) is 0 Å². The van der Waals surface area contributed by atoms with Crippen molar-refractivity contribution in [1.82, 2.24) is 0 Å². The van der Waals surface area contributed by atoms with Crippen molar-refractivity contribution < 1.29 is 14.3 Å². The minimum atomic E-state index is -0.451. The van der Waals surface area contributed by atoms with Crippen LogP contribution in [0, 0.1) is 16.4 Å². The molecule has 0 heterocycles. The van der Waals surface area contributed by atoms with Gasteiger partial charge in [0.2, 0.25) is 5.91 Å². The lowest BCUT2D eigenvalue weighted by atomic mass is 10.1. The van der Waals surface area contributed by atoms with E-state index in [-0.39, 0.29) is 24.9 Å². The van der Waals surface area contributed by atoms with Gasteiger partial charge in [-0.05, 0) is 58.8 Å². The predicted molar refractivity (Wildman–Crippen MR) is 103 cm³/mol. The highest BCUT2D eigenvalue weighted by Crippen LogP contribution is 2.18. The topological polar surface area (TPSA) is 55.4 Å². The maximum atomic E-state index is 12.2. The second kappa shape index (κ2) is 8.82. The van der Waals surface area contributed by atoms with E-state index in [1.165, 1.54) is 0 Å². The first-order valence-electron chi connectivity index (χ1n) is 7.72. The third kappa shape index (κ3) is 5.63. The molecule has 2 rings (SSSR count). The van der Waals surface area contributed by atoms with Crippen LogP contribution in [0.4, 0.5) is 5.69 Å². The van der Waals surface area contributed by atoms with Gasteiger partial charge in [-0.1, -0.05) is 37.3 Å². The van der Waals surface area contributed by atoms with Crippen LogP contribution in [-0.2, 0) is 20.9 Å². The number of hydrogen-bond donors (Lipinski definition) is 1. The highest BCUT2D eigenvalue weighted by Gasteiger charge is 2.18. The van der Waals surface area contributed by atoms with Crippen LogP contribution < -0.4 is 5.32 Å². The SMILES string of the molecule is Cc1cc(NC(=O)[C@@H](C)CC(=O)OCc2ccccc2)ccc1I. The van der Waals surface area contributed by atoms with E-state index < -0.39 is 5.92 Å². The Morgan fingerprint density at radius 2 is 1.88 bits per heavy atom. The summed E-state index contributed by atoms with van der Waals surface area (Å²) in [5.41, 5.74) is 2.77. The molecule has 0 fully saturated rings. The first-order chi connectivity index (χ1) is 11.5. The Labute approximate surface area is 155 Å². The maximum absolute atomic E-state index is 12.2. The average Bonchev–Trinajstić information content (AvgIpc) is 2.57. The molecule has 2 aromatic carbocycles.